The highest BCUT2D eigenvalue weighted by atomic mass is 14.7. The van der Waals surface area contributed by atoms with E-state index < -0.39 is 0 Å². The van der Waals surface area contributed by atoms with Crippen LogP contribution in [0.5, 0.6) is 0 Å². The maximum atomic E-state index is 3.75. The van der Waals surface area contributed by atoms with Crippen molar-refractivity contribution in [3.05, 3.63) is 132 Å². The SMILES string of the molecule is CC1(C)c2cc(-c3cccc4c3[nH]c3ccc(-c5ccccc5)cc34)ccc2-c2c1ccc1ccccc21. The van der Waals surface area contributed by atoms with Crippen molar-refractivity contribution < 1.29 is 0 Å². The largest absolute Gasteiger partial charge is 0.354 e. The van der Waals surface area contributed by atoms with E-state index in [1.807, 2.05) is 0 Å². The Hall–Kier alpha value is -4.62. The van der Waals surface area contributed by atoms with E-state index in [1.165, 1.54) is 77.1 Å². The zero-order valence-corrected chi connectivity index (χ0v) is 21.5. The summed E-state index contributed by atoms with van der Waals surface area (Å²) in [5.74, 6) is 0. The minimum Gasteiger partial charge on any atom is -0.354 e. The van der Waals surface area contributed by atoms with E-state index in [-0.39, 0.29) is 5.41 Å². The van der Waals surface area contributed by atoms with Gasteiger partial charge >= 0.3 is 0 Å². The summed E-state index contributed by atoms with van der Waals surface area (Å²) in [5.41, 5.74) is 12.9. The first-order valence-electron chi connectivity index (χ1n) is 13.4. The maximum absolute atomic E-state index is 3.75. The Morgan fingerprint density at radius 1 is 0.500 bits per heavy atom. The lowest BCUT2D eigenvalue weighted by Crippen LogP contribution is -2.15. The van der Waals surface area contributed by atoms with E-state index in [4.69, 9.17) is 0 Å². The Morgan fingerprint density at radius 3 is 2.18 bits per heavy atom. The predicted molar refractivity (Wildman–Crippen MR) is 162 cm³/mol. The van der Waals surface area contributed by atoms with Gasteiger partial charge in [0.05, 0.1) is 5.52 Å². The summed E-state index contributed by atoms with van der Waals surface area (Å²) in [6.45, 7) is 4.73. The smallest absolute Gasteiger partial charge is 0.0544 e. The van der Waals surface area contributed by atoms with Gasteiger partial charge in [-0.1, -0.05) is 117 Å². The second kappa shape index (κ2) is 7.69. The molecule has 0 unspecified atom stereocenters. The molecule has 1 aromatic heterocycles. The Bertz CT molecular complexity index is 2040. The number of fused-ring (bicyclic) bond motifs is 8. The second-order valence-electron chi connectivity index (χ2n) is 11.1. The first kappa shape index (κ1) is 21.5. The van der Waals surface area contributed by atoms with Gasteiger partial charge in [0, 0.05) is 27.3 Å². The summed E-state index contributed by atoms with van der Waals surface area (Å²) in [6.07, 6.45) is 0. The number of rotatable bonds is 2. The fourth-order valence-corrected chi connectivity index (χ4v) is 6.65. The minimum absolute atomic E-state index is 0.0519. The highest BCUT2D eigenvalue weighted by molar-refractivity contribution is 6.13. The molecule has 0 amide bonds. The van der Waals surface area contributed by atoms with Crippen LogP contribution in [0.1, 0.15) is 25.0 Å². The molecule has 0 spiro atoms. The molecule has 0 atom stereocenters. The van der Waals surface area contributed by atoms with E-state index in [0.717, 1.165) is 0 Å². The van der Waals surface area contributed by atoms with Crippen LogP contribution in [0.2, 0.25) is 0 Å². The summed E-state index contributed by atoms with van der Waals surface area (Å²) in [7, 11) is 0. The molecule has 1 aliphatic rings. The summed E-state index contributed by atoms with van der Waals surface area (Å²) >= 11 is 0. The molecule has 6 aromatic carbocycles. The van der Waals surface area contributed by atoms with Crippen LogP contribution in [0.15, 0.2) is 121 Å². The number of aromatic amines is 1. The van der Waals surface area contributed by atoms with Crippen molar-refractivity contribution in [3.63, 3.8) is 0 Å². The maximum Gasteiger partial charge on any atom is 0.0544 e. The quantitative estimate of drug-likeness (QED) is 0.251. The highest BCUT2D eigenvalue weighted by Gasteiger charge is 2.36. The molecule has 38 heavy (non-hydrogen) atoms. The molecule has 0 fully saturated rings. The van der Waals surface area contributed by atoms with Gasteiger partial charge < -0.3 is 4.98 Å². The molecule has 1 heteroatoms. The van der Waals surface area contributed by atoms with Gasteiger partial charge in [-0.05, 0) is 67.9 Å². The number of hydrogen-bond donors (Lipinski definition) is 1. The number of benzene rings is 6. The standard InChI is InChI=1S/C37H27N/c1-37(2)32-19-16-24-11-6-7-12-27(24)35(32)30-18-15-26(22-33(30)37)28-13-8-14-29-31-21-25(23-9-4-3-5-10-23)17-20-34(31)38-36(28)29/h3-22,38H,1-2H3. The van der Waals surface area contributed by atoms with Gasteiger partial charge in [0.25, 0.3) is 0 Å². The van der Waals surface area contributed by atoms with Crippen molar-refractivity contribution in [1.82, 2.24) is 4.98 Å². The molecular formula is C37H27N. The van der Waals surface area contributed by atoms with Crippen LogP contribution < -0.4 is 0 Å². The summed E-state index contributed by atoms with van der Waals surface area (Å²) < 4.78 is 0. The van der Waals surface area contributed by atoms with Gasteiger partial charge in [-0.2, -0.15) is 0 Å². The highest BCUT2D eigenvalue weighted by Crippen LogP contribution is 2.52. The Morgan fingerprint density at radius 2 is 1.29 bits per heavy atom. The average molecular weight is 486 g/mol. The first-order valence-corrected chi connectivity index (χ1v) is 13.4. The van der Waals surface area contributed by atoms with Crippen LogP contribution in [0.25, 0.3) is 66.0 Å². The molecule has 7 aromatic rings. The van der Waals surface area contributed by atoms with Crippen LogP contribution in [0.4, 0.5) is 0 Å². The lowest BCUT2D eigenvalue weighted by atomic mass is 9.81. The van der Waals surface area contributed by atoms with E-state index in [1.54, 1.807) is 0 Å². The fraction of sp³-hybridized carbons (Fsp3) is 0.0811. The third kappa shape index (κ3) is 2.93. The molecule has 8 rings (SSSR count). The van der Waals surface area contributed by atoms with Crippen LogP contribution in [0, 0.1) is 0 Å². The molecule has 180 valence electrons. The van der Waals surface area contributed by atoms with Gasteiger partial charge in [-0.25, -0.2) is 0 Å². The molecule has 1 aliphatic carbocycles. The predicted octanol–water partition coefficient (Wildman–Crippen LogP) is 10.1. The zero-order valence-electron chi connectivity index (χ0n) is 21.5. The molecular weight excluding hydrogens is 458 g/mol. The van der Waals surface area contributed by atoms with Gasteiger partial charge in [0.15, 0.2) is 0 Å². The lowest BCUT2D eigenvalue weighted by Gasteiger charge is -2.22. The van der Waals surface area contributed by atoms with Crippen molar-refractivity contribution >= 4 is 32.6 Å². The number of nitrogens with one attached hydrogen (secondary N) is 1. The number of para-hydroxylation sites is 1. The normalized spacial score (nSPS) is 13.7. The van der Waals surface area contributed by atoms with Crippen LogP contribution in [-0.2, 0) is 5.41 Å². The third-order valence-electron chi connectivity index (χ3n) is 8.62. The van der Waals surface area contributed by atoms with E-state index in [2.05, 4.69) is 140 Å². The van der Waals surface area contributed by atoms with Crippen molar-refractivity contribution in [3.8, 4) is 33.4 Å². The topological polar surface area (TPSA) is 15.8 Å². The van der Waals surface area contributed by atoms with Gasteiger partial charge in [0.2, 0.25) is 0 Å². The lowest BCUT2D eigenvalue weighted by molar-refractivity contribution is 0.661. The van der Waals surface area contributed by atoms with E-state index in [0.29, 0.717) is 0 Å². The molecule has 0 radical (unpaired) electrons. The molecule has 1 heterocycles. The molecule has 1 nitrogen and oxygen atoms in total. The van der Waals surface area contributed by atoms with Crippen molar-refractivity contribution in [1.29, 1.82) is 0 Å². The fourth-order valence-electron chi connectivity index (χ4n) is 6.65. The van der Waals surface area contributed by atoms with Crippen LogP contribution in [-0.4, -0.2) is 4.98 Å². The molecule has 0 bridgehead atoms. The zero-order chi connectivity index (χ0) is 25.4. The summed E-state index contributed by atoms with van der Waals surface area (Å²) in [5, 5.41) is 5.18. The average Bonchev–Trinajstić information content (AvgIpc) is 3.45. The molecule has 0 saturated carbocycles. The monoisotopic (exact) mass is 485 g/mol. The Kier molecular flexibility index (Phi) is 4.35. The summed E-state index contributed by atoms with van der Waals surface area (Å²) in [6, 6.07) is 44.5. The van der Waals surface area contributed by atoms with E-state index in [9.17, 15) is 0 Å². The molecule has 0 aliphatic heterocycles. The summed E-state index contributed by atoms with van der Waals surface area (Å²) in [4.78, 5) is 3.75. The first-order chi connectivity index (χ1) is 18.6. The van der Waals surface area contributed by atoms with Crippen LogP contribution in [0.3, 0.4) is 0 Å². The van der Waals surface area contributed by atoms with E-state index >= 15 is 0 Å². The number of aromatic nitrogens is 1. The minimum atomic E-state index is -0.0519. The van der Waals surface area contributed by atoms with Crippen molar-refractivity contribution in [2.45, 2.75) is 19.3 Å². The van der Waals surface area contributed by atoms with Crippen molar-refractivity contribution in [2.24, 2.45) is 0 Å². The number of hydrogen-bond acceptors (Lipinski definition) is 0. The molecule has 0 saturated heterocycles. The van der Waals surface area contributed by atoms with Gasteiger partial charge in [0.1, 0.15) is 0 Å². The third-order valence-corrected chi connectivity index (χ3v) is 8.62. The Labute approximate surface area is 222 Å². The Balaban J connectivity index is 1.32. The van der Waals surface area contributed by atoms with Crippen LogP contribution >= 0.6 is 0 Å². The second-order valence-corrected chi connectivity index (χ2v) is 11.1. The molecule has 1 N–H and O–H groups in total. The van der Waals surface area contributed by atoms with Crippen molar-refractivity contribution in [2.75, 3.05) is 0 Å². The number of H-pyrrole nitrogens is 1. The van der Waals surface area contributed by atoms with Gasteiger partial charge in [-0.3, -0.25) is 0 Å². The van der Waals surface area contributed by atoms with Gasteiger partial charge in [-0.15, -0.1) is 0 Å².